The molecular formula is C12H15N3O. The minimum atomic E-state index is 0.125. The van der Waals surface area contributed by atoms with Crippen molar-refractivity contribution in [2.24, 2.45) is 5.10 Å². The third kappa shape index (κ3) is 2.66. The summed E-state index contributed by atoms with van der Waals surface area (Å²) in [6, 6.07) is 3.93. The summed E-state index contributed by atoms with van der Waals surface area (Å²) < 4.78 is 0. The highest BCUT2D eigenvalue weighted by Gasteiger charge is 2.17. The Labute approximate surface area is 95.0 Å². The molecule has 1 aromatic heterocycles. The minimum Gasteiger partial charge on any atom is -0.273 e. The van der Waals surface area contributed by atoms with E-state index in [-0.39, 0.29) is 5.91 Å². The second-order valence-corrected chi connectivity index (χ2v) is 3.96. The number of carbonyl (C=O) groups is 1. The molecule has 1 aromatic rings. The van der Waals surface area contributed by atoms with Crippen molar-refractivity contribution in [1.29, 1.82) is 0 Å². The average molecular weight is 217 g/mol. The van der Waals surface area contributed by atoms with Gasteiger partial charge in [-0.05, 0) is 37.5 Å². The van der Waals surface area contributed by atoms with E-state index in [9.17, 15) is 4.79 Å². The molecule has 1 aliphatic rings. The number of hydrogen-bond donors (Lipinski definition) is 0. The van der Waals surface area contributed by atoms with Crippen molar-refractivity contribution in [2.45, 2.75) is 26.2 Å². The summed E-state index contributed by atoms with van der Waals surface area (Å²) in [6.07, 6.45) is 5.74. The van der Waals surface area contributed by atoms with Crippen LogP contribution in [0.4, 0.5) is 0 Å². The monoisotopic (exact) mass is 217 g/mol. The second-order valence-electron chi connectivity index (χ2n) is 3.96. The van der Waals surface area contributed by atoms with Crippen LogP contribution in [-0.4, -0.2) is 28.2 Å². The predicted octanol–water partition coefficient (Wildman–Crippen LogP) is 1.62. The molecule has 16 heavy (non-hydrogen) atoms. The molecular weight excluding hydrogens is 202 g/mol. The number of amides is 1. The number of hydrazone groups is 1. The molecule has 0 unspecified atom stereocenters. The lowest BCUT2D eigenvalue weighted by Gasteiger charge is -2.22. The summed E-state index contributed by atoms with van der Waals surface area (Å²) in [7, 11) is 0. The Morgan fingerprint density at radius 2 is 2.06 bits per heavy atom. The molecule has 0 aromatic carbocycles. The highest BCUT2D eigenvalue weighted by atomic mass is 16.2. The zero-order valence-electron chi connectivity index (χ0n) is 9.39. The van der Waals surface area contributed by atoms with Crippen LogP contribution in [0.25, 0.3) is 0 Å². The molecule has 0 radical (unpaired) electrons. The first kappa shape index (κ1) is 10.8. The van der Waals surface area contributed by atoms with Gasteiger partial charge in [0.25, 0.3) is 0 Å². The number of rotatable bonds is 3. The minimum absolute atomic E-state index is 0.125. The molecule has 0 N–H and O–H groups in total. The summed E-state index contributed by atoms with van der Waals surface area (Å²) in [6.45, 7) is 2.62. The molecule has 0 saturated carbocycles. The first-order chi connectivity index (χ1) is 7.75. The van der Waals surface area contributed by atoms with Crippen LogP contribution in [0.1, 0.15) is 25.3 Å². The smallest absolute Gasteiger partial charge is 0.243 e. The molecule has 2 rings (SSSR count). The van der Waals surface area contributed by atoms with Crippen LogP contribution in [-0.2, 0) is 11.2 Å². The van der Waals surface area contributed by atoms with Crippen LogP contribution in [0.5, 0.6) is 0 Å². The molecule has 1 amide bonds. The van der Waals surface area contributed by atoms with Gasteiger partial charge in [-0.3, -0.25) is 9.78 Å². The van der Waals surface area contributed by atoms with Gasteiger partial charge in [-0.2, -0.15) is 5.10 Å². The first-order valence-electron chi connectivity index (χ1n) is 5.49. The lowest BCUT2D eigenvalue weighted by atomic mass is 10.1. The van der Waals surface area contributed by atoms with E-state index in [0.29, 0.717) is 13.0 Å². The largest absolute Gasteiger partial charge is 0.273 e. The van der Waals surface area contributed by atoms with Gasteiger partial charge < -0.3 is 0 Å². The van der Waals surface area contributed by atoms with E-state index in [1.165, 1.54) is 5.56 Å². The molecule has 1 aliphatic heterocycles. The van der Waals surface area contributed by atoms with E-state index in [1.807, 2.05) is 19.1 Å². The van der Waals surface area contributed by atoms with E-state index in [4.69, 9.17) is 0 Å². The molecule has 2 heterocycles. The lowest BCUT2D eigenvalue weighted by Crippen LogP contribution is -2.32. The van der Waals surface area contributed by atoms with Crippen molar-refractivity contribution in [1.82, 2.24) is 9.99 Å². The molecule has 0 aliphatic carbocycles. The number of pyridine rings is 1. The molecule has 0 fully saturated rings. The third-order valence-corrected chi connectivity index (χ3v) is 2.64. The third-order valence-electron chi connectivity index (χ3n) is 2.64. The van der Waals surface area contributed by atoms with Gasteiger partial charge in [-0.25, -0.2) is 5.01 Å². The summed E-state index contributed by atoms with van der Waals surface area (Å²) in [5.41, 5.74) is 2.22. The number of hydrogen-bond acceptors (Lipinski definition) is 3. The normalized spacial score (nSPS) is 16.2. The number of aromatic nitrogens is 1. The van der Waals surface area contributed by atoms with Gasteiger partial charge in [0.05, 0.1) is 0 Å². The van der Waals surface area contributed by atoms with Crippen LogP contribution in [0.3, 0.4) is 0 Å². The van der Waals surface area contributed by atoms with Gasteiger partial charge in [0.2, 0.25) is 5.91 Å². The van der Waals surface area contributed by atoms with Crippen molar-refractivity contribution in [3.63, 3.8) is 0 Å². The molecule has 0 spiro atoms. The standard InChI is InChI=1S/C12H15N3O/c1-10-2-3-12(16)15(14-10)9-6-11-4-7-13-8-5-11/h4-5,7-8H,2-3,6,9H2,1H3. The van der Waals surface area contributed by atoms with Gasteiger partial charge in [-0.1, -0.05) is 0 Å². The van der Waals surface area contributed by atoms with E-state index in [1.54, 1.807) is 17.4 Å². The molecule has 0 saturated heterocycles. The van der Waals surface area contributed by atoms with Gasteiger partial charge >= 0.3 is 0 Å². The fourth-order valence-corrected chi connectivity index (χ4v) is 1.69. The molecule has 4 nitrogen and oxygen atoms in total. The Kier molecular flexibility index (Phi) is 3.29. The van der Waals surface area contributed by atoms with Crippen LogP contribution in [0, 0.1) is 0 Å². The lowest BCUT2D eigenvalue weighted by molar-refractivity contribution is -0.131. The Bertz CT molecular complexity index is 400. The second kappa shape index (κ2) is 4.88. The van der Waals surface area contributed by atoms with Crippen molar-refractivity contribution < 1.29 is 4.79 Å². The fraction of sp³-hybridized carbons (Fsp3) is 0.417. The zero-order valence-corrected chi connectivity index (χ0v) is 9.39. The Hall–Kier alpha value is -1.71. The van der Waals surface area contributed by atoms with E-state index in [0.717, 1.165) is 18.6 Å². The average Bonchev–Trinajstić information content (AvgIpc) is 2.32. The predicted molar refractivity (Wildman–Crippen MR) is 62.0 cm³/mol. The maximum atomic E-state index is 11.6. The Morgan fingerprint density at radius 1 is 1.31 bits per heavy atom. The van der Waals surface area contributed by atoms with Crippen molar-refractivity contribution in [3.05, 3.63) is 30.1 Å². The van der Waals surface area contributed by atoms with Gasteiger partial charge in [-0.15, -0.1) is 0 Å². The first-order valence-corrected chi connectivity index (χ1v) is 5.49. The Morgan fingerprint density at radius 3 is 2.81 bits per heavy atom. The Balaban J connectivity index is 1.95. The van der Waals surface area contributed by atoms with Crippen molar-refractivity contribution in [3.8, 4) is 0 Å². The molecule has 0 atom stereocenters. The van der Waals surface area contributed by atoms with Crippen LogP contribution < -0.4 is 0 Å². The maximum absolute atomic E-state index is 11.6. The van der Waals surface area contributed by atoms with Crippen LogP contribution >= 0.6 is 0 Å². The van der Waals surface area contributed by atoms with E-state index >= 15 is 0 Å². The maximum Gasteiger partial charge on any atom is 0.243 e. The van der Waals surface area contributed by atoms with Gasteiger partial charge in [0.1, 0.15) is 0 Å². The summed E-state index contributed by atoms with van der Waals surface area (Å²) in [4.78, 5) is 15.5. The topological polar surface area (TPSA) is 45.6 Å². The zero-order chi connectivity index (χ0) is 11.4. The van der Waals surface area contributed by atoms with Crippen LogP contribution in [0.15, 0.2) is 29.6 Å². The summed E-state index contributed by atoms with van der Waals surface area (Å²) in [5, 5.41) is 5.85. The molecule has 4 heteroatoms. The van der Waals surface area contributed by atoms with Gasteiger partial charge in [0, 0.05) is 31.1 Å². The van der Waals surface area contributed by atoms with Crippen molar-refractivity contribution >= 4 is 11.6 Å². The highest BCUT2D eigenvalue weighted by molar-refractivity contribution is 5.91. The van der Waals surface area contributed by atoms with Crippen LogP contribution in [0.2, 0.25) is 0 Å². The number of carbonyl (C=O) groups excluding carboxylic acids is 1. The summed E-state index contributed by atoms with van der Waals surface area (Å²) >= 11 is 0. The summed E-state index contributed by atoms with van der Waals surface area (Å²) in [5.74, 6) is 0.125. The van der Waals surface area contributed by atoms with E-state index < -0.39 is 0 Å². The quantitative estimate of drug-likeness (QED) is 0.772. The SMILES string of the molecule is CC1=NN(CCc2ccncc2)C(=O)CC1. The molecule has 0 bridgehead atoms. The molecule has 84 valence electrons. The van der Waals surface area contributed by atoms with Gasteiger partial charge in [0.15, 0.2) is 0 Å². The fourth-order valence-electron chi connectivity index (χ4n) is 1.69. The number of nitrogens with zero attached hydrogens (tertiary/aromatic N) is 3. The highest BCUT2D eigenvalue weighted by Crippen LogP contribution is 2.10. The van der Waals surface area contributed by atoms with Crippen molar-refractivity contribution in [2.75, 3.05) is 6.54 Å². The van der Waals surface area contributed by atoms with E-state index in [2.05, 4.69) is 10.1 Å².